The first-order valence-corrected chi connectivity index (χ1v) is 10.6. The molecule has 1 amide bonds. The first-order chi connectivity index (χ1) is 13.7. The van der Waals surface area contributed by atoms with Crippen molar-refractivity contribution in [2.45, 2.75) is 57.9 Å². The zero-order valence-corrected chi connectivity index (χ0v) is 16.8. The van der Waals surface area contributed by atoms with Crippen molar-refractivity contribution >= 4 is 5.91 Å². The predicted octanol–water partition coefficient (Wildman–Crippen LogP) is 3.45. The highest BCUT2D eigenvalue weighted by atomic mass is 16.5. The number of amides is 1. The van der Waals surface area contributed by atoms with Crippen LogP contribution in [-0.2, 0) is 11.2 Å². The summed E-state index contributed by atoms with van der Waals surface area (Å²) >= 11 is 0. The number of carbonyl (C=O) groups is 1. The van der Waals surface area contributed by atoms with E-state index in [1.807, 2.05) is 36.1 Å². The summed E-state index contributed by atoms with van der Waals surface area (Å²) in [6.45, 7) is 6.27. The van der Waals surface area contributed by atoms with E-state index in [1.165, 1.54) is 37.9 Å². The summed E-state index contributed by atoms with van der Waals surface area (Å²) < 4.78 is 5.34. The Labute approximate surface area is 166 Å². The van der Waals surface area contributed by atoms with Crippen molar-refractivity contribution in [3.05, 3.63) is 35.7 Å². The topological polar surface area (TPSA) is 62.5 Å². The van der Waals surface area contributed by atoms with Gasteiger partial charge in [-0.25, -0.2) is 0 Å². The van der Waals surface area contributed by atoms with Gasteiger partial charge in [0.2, 0.25) is 17.6 Å². The first kappa shape index (κ1) is 19.1. The van der Waals surface area contributed by atoms with Gasteiger partial charge >= 0.3 is 0 Å². The quantitative estimate of drug-likeness (QED) is 0.792. The van der Waals surface area contributed by atoms with Crippen molar-refractivity contribution in [1.82, 2.24) is 19.9 Å². The minimum absolute atomic E-state index is 0.201. The molecule has 0 atom stereocenters. The van der Waals surface area contributed by atoms with Crippen molar-refractivity contribution < 1.29 is 9.32 Å². The van der Waals surface area contributed by atoms with Crippen molar-refractivity contribution in [3.63, 3.8) is 0 Å². The number of piperidine rings is 2. The molecule has 4 rings (SSSR count). The van der Waals surface area contributed by atoms with Crippen LogP contribution in [0.5, 0.6) is 0 Å². The Morgan fingerprint density at radius 1 is 1.07 bits per heavy atom. The molecule has 2 aromatic rings. The van der Waals surface area contributed by atoms with Gasteiger partial charge in [-0.2, -0.15) is 4.98 Å². The van der Waals surface area contributed by atoms with E-state index in [0.717, 1.165) is 31.5 Å². The minimum Gasteiger partial charge on any atom is -0.343 e. The lowest BCUT2D eigenvalue weighted by atomic mass is 9.99. The number of nitrogens with zero attached hydrogens (tertiary/aromatic N) is 4. The van der Waals surface area contributed by atoms with E-state index in [9.17, 15) is 4.79 Å². The lowest BCUT2D eigenvalue weighted by Gasteiger charge is -2.40. The predicted molar refractivity (Wildman–Crippen MR) is 108 cm³/mol. The van der Waals surface area contributed by atoms with Crippen LogP contribution in [0.1, 0.15) is 50.0 Å². The van der Waals surface area contributed by atoms with Gasteiger partial charge in [0, 0.05) is 37.5 Å². The number of aryl methyl sites for hydroxylation is 2. The molecule has 6 heteroatoms. The van der Waals surface area contributed by atoms with Gasteiger partial charge in [-0.1, -0.05) is 41.4 Å². The maximum atomic E-state index is 12.6. The lowest BCUT2D eigenvalue weighted by Crippen LogP contribution is -2.48. The van der Waals surface area contributed by atoms with Crippen molar-refractivity contribution in [2.24, 2.45) is 0 Å². The molecule has 2 aliphatic heterocycles. The number of rotatable bonds is 5. The maximum absolute atomic E-state index is 12.6. The van der Waals surface area contributed by atoms with Gasteiger partial charge in [-0.05, 0) is 45.7 Å². The molecule has 3 heterocycles. The van der Waals surface area contributed by atoms with E-state index in [2.05, 4.69) is 15.0 Å². The third-order valence-corrected chi connectivity index (χ3v) is 6.05. The normalized spacial score (nSPS) is 19.1. The molecule has 0 N–H and O–H groups in total. The van der Waals surface area contributed by atoms with Crippen molar-refractivity contribution in [1.29, 1.82) is 0 Å². The molecule has 0 radical (unpaired) electrons. The number of carbonyl (C=O) groups excluding carboxylic acids is 1. The molecule has 0 unspecified atom stereocenters. The Bertz CT molecular complexity index is 772. The summed E-state index contributed by atoms with van der Waals surface area (Å²) in [6.07, 6.45) is 7.17. The van der Waals surface area contributed by atoms with Gasteiger partial charge in [0.15, 0.2) is 0 Å². The highest BCUT2D eigenvalue weighted by molar-refractivity contribution is 5.76. The summed E-state index contributed by atoms with van der Waals surface area (Å²) in [5, 5.41) is 4.05. The molecule has 0 aliphatic carbocycles. The fourth-order valence-electron chi connectivity index (χ4n) is 4.31. The molecule has 2 saturated heterocycles. The smallest absolute Gasteiger partial charge is 0.227 e. The van der Waals surface area contributed by atoms with Crippen LogP contribution in [-0.4, -0.2) is 58.1 Å². The summed E-state index contributed by atoms with van der Waals surface area (Å²) in [4.78, 5) is 21.7. The molecule has 1 aromatic carbocycles. The number of likely N-dealkylation sites (tertiary alicyclic amines) is 2. The number of hydrogen-bond acceptors (Lipinski definition) is 5. The lowest BCUT2D eigenvalue weighted by molar-refractivity contribution is -0.132. The summed E-state index contributed by atoms with van der Waals surface area (Å²) in [7, 11) is 0. The van der Waals surface area contributed by atoms with Gasteiger partial charge in [0.1, 0.15) is 0 Å². The van der Waals surface area contributed by atoms with Crippen LogP contribution >= 0.6 is 0 Å². The molecule has 6 nitrogen and oxygen atoms in total. The Hall–Kier alpha value is -2.21. The largest absolute Gasteiger partial charge is 0.343 e. The van der Waals surface area contributed by atoms with Crippen molar-refractivity contribution in [3.8, 4) is 11.4 Å². The van der Waals surface area contributed by atoms with Gasteiger partial charge in [-0.15, -0.1) is 0 Å². The molecule has 2 aliphatic rings. The highest BCUT2D eigenvalue weighted by Gasteiger charge is 2.27. The Balaban J connectivity index is 1.24. The number of aromatic nitrogens is 2. The fraction of sp³-hybridized carbons (Fsp3) is 0.591. The standard InChI is InChI=1S/C22H30N4O2/c1-17-5-7-18(8-6-17)22-23-20(28-24-22)9-10-21(27)26-15-11-19(12-16-26)25-13-3-2-4-14-25/h5-8,19H,2-4,9-16H2,1H3. The second kappa shape index (κ2) is 8.86. The third kappa shape index (κ3) is 4.61. The van der Waals surface area contributed by atoms with E-state index >= 15 is 0 Å². The first-order valence-electron chi connectivity index (χ1n) is 10.6. The maximum Gasteiger partial charge on any atom is 0.227 e. The summed E-state index contributed by atoms with van der Waals surface area (Å²) in [6, 6.07) is 8.70. The molecule has 150 valence electrons. The molecule has 2 fully saturated rings. The van der Waals surface area contributed by atoms with Gasteiger partial charge in [0.05, 0.1) is 0 Å². The molecule has 28 heavy (non-hydrogen) atoms. The van der Waals surface area contributed by atoms with E-state index in [1.54, 1.807) is 0 Å². The van der Waals surface area contributed by atoms with Crippen LogP contribution in [0.25, 0.3) is 11.4 Å². The van der Waals surface area contributed by atoms with Crippen LogP contribution in [0.4, 0.5) is 0 Å². The molecule has 1 aromatic heterocycles. The molecular formula is C22H30N4O2. The van der Waals surface area contributed by atoms with E-state index < -0.39 is 0 Å². The second-order valence-electron chi connectivity index (χ2n) is 8.09. The van der Waals surface area contributed by atoms with Gasteiger partial charge in [0.25, 0.3) is 0 Å². The van der Waals surface area contributed by atoms with Gasteiger partial charge < -0.3 is 14.3 Å². The zero-order valence-electron chi connectivity index (χ0n) is 16.8. The minimum atomic E-state index is 0.201. The molecule has 0 spiro atoms. The molecule has 0 saturated carbocycles. The summed E-state index contributed by atoms with van der Waals surface area (Å²) in [5.74, 6) is 1.32. The average Bonchev–Trinajstić information content (AvgIpc) is 3.22. The van der Waals surface area contributed by atoms with E-state index in [-0.39, 0.29) is 5.91 Å². The van der Waals surface area contributed by atoms with Crippen molar-refractivity contribution in [2.75, 3.05) is 26.2 Å². The number of hydrogen-bond donors (Lipinski definition) is 0. The highest BCUT2D eigenvalue weighted by Crippen LogP contribution is 2.22. The molecular weight excluding hydrogens is 352 g/mol. The second-order valence-corrected chi connectivity index (χ2v) is 8.09. The van der Waals surface area contributed by atoms with Crippen LogP contribution in [0, 0.1) is 6.92 Å². The van der Waals surface area contributed by atoms with Gasteiger partial charge in [-0.3, -0.25) is 4.79 Å². The average molecular weight is 383 g/mol. The van der Waals surface area contributed by atoms with Crippen LogP contribution < -0.4 is 0 Å². The Morgan fingerprint density at radius 2 is 1.79 bits per heavy atom. The van der Waals surface area contributed by atoms with E-state index in [4.69, 9.17) is 4.52 Å². The van der Waals surface area contributed by atoms with Crippen LogP contribution in [0.15, 0.2) is 28.8 Å². The summed E-state index contributed by atoms with van der Waals surface area (Å²) in [5.41, 5.74) is 2.13. The molecule has 0 bridgehead atoms. The Morgan fingerprint density at radius 3 is 2.50 bits per heavy atom. The third-order valence-electron chi connectivity index (χ3n) is 6.05. The SMILES string of the molecule is Cc1ccc(-c2noc(CCC(=O)N3CCC(N4CCCCC4)CC3)n2)cc1. The van der Waals surface area contributed by atoms with E-state index in [0.29, 0.717) is 30.6 Å². The van der Waals surface area contributed by atoms with Crippen LogP contribution in [0.2, 0.25) is 0 Å². The zero-order chi connectivity index (χ0) is 19.3. The Kier molecular flexibility index (Phi) is 6.05. The number of benzene rings is 1. The fourth-order valence-corrected chi connectivity index (χ4v) is 4.31. The monoisotopic (exact) mass is 382 g/mol. The van der Waals surface area contributed by atoms with Crippen LogP contribution in [0.3, 0.4) is 0 Å².